The van der Waals surface area contributed by atoms with Gasteiger partial charge in [0.2, 0.25) is 10.0 Å². The Bertz CT molecular complexity index is 548. The third-order valence-electron chi connectivity index (χ3n) is 4.01. The molecule has 2 N–H and O–H groups in total. The molecule has 0 unspecified atom stereocenters. The molecule has 0 heterocycles. The summed E-state index contributed by atoms with van der Waals surface area (Å²) in [6.07, 6.45) is 5.88. The van der Waals surface area contributed by atoms with E-state index in [0.717, 1.165) is 12.8 Å². The first-order chi connectivity index (χ1) is 9.53. The van der Waals surface area contributed by atoms with Gasteiger partial charge in [-0.25, -0.2) is 13.1 Å². The smallest absolute Gasteiger partial charge is 0.240 e. The van der Waals surface area contributed by atoms with E-state index in [-0.39, 0.29) is 11.5 Å². The van der Waals surface area contributed by atoms with E-state index in [1.165, 1.54) is 19.3 Å². The van der Waals surface area contributed by atoms with E-state index in [4.69, 9.17) is 5.11 Å². The van der Waals surface area contributed by atoms with E-state index in [1.54, 1.807) is 25.1 Å². The lowest BCUT2D eigenvalue weighted by atomic mass is 9.90. The molecule has 2 rings (SSSR count). The van der Waals surface area contributed by atoms with E-state index >= 15 is 0 Å². The van der Waals surface area contributed by atoms with Crippen molar-refractivity contribution < 1.29 is 13.5 Å². The summed E-state index contributed by atoms with van der Waals surface area (Å²) < 4.78 is 27.5. The third kappa shape index (κ3) is 3.81. The zero-order valence-electron chi connectivity index (χ0n) is 11.9. The first-order valence-corrected chi connectivity index (χ1v) is 8.71. The summed E-state index contributed by atoms with van der Waals surface area (Å²) >= 11 is 0. The normalized spacial score (nSPS) is 17.3. The summed E-state index contributed by atoms with van der Waals surface area (Å²) in [5, 5.41) is 9.14. The zero-order valence-corrected chi connectivity index (χ0v) is 12.7. The molecule has 112 valence electrons. The number of sulfonamides is 1. The molecule has 0 aliphatic heterocycles. The van der Waals surface area contributed by atoms with Crippen molar-refractivity contribution in [2.75, 3.05) is 6.54 Å². The van der Waals surface area contributed by atoms with Gasteiger partial charge in [0, 0.05) is 6.54 Å². The SMILES string of the molecule is Cc1ccc(CO)cc1S(=O)(=O)NCC1CCCCC1. The summed E-state index contributed by atoms with van der Waals surface area (Å²) in [6.45, 7) is 2.15. The summed E-state index contributed by atoms with van der Waals surface area (Å²) in [7, 11) is -3.48. The number of aliphatic hydroxyl groups excluding tert-OH is 1. The van der Waals surface area contributed by atoms with Crippen molar-refractivity contribution in [1.29, 1.82) is 0 Å². The molecule has 1 saturated carbocycles. The van der Waals surface area contributed by atoms with Gasteiger partial charge in [0.05, 0.1) is 11.5 Å². The molecule has 0 aromatic heterocycles. The van der Waals surface area contributed by atoms with Crippen LogP contribution in [-0.2, 0) is 16.6 Å². The van der Waals surface area contributed by atoms with Gasteiger partial charge in [-0.1, -0.05) is 31.4 Å². The van der Waals surface area contributed by atoms with Crippen molar-refractivity contribution in [3.8, 4) is 0 Å². The lowest BCUT2D eigenvalue weighted by Crippen LogP contribution is -2.30. The van der Waals surface area contributed by atoms with Crippen molar-refractivity contribution in [2.45, 2.75) is 50.5 Å². The van der Waals surface area contributed by atoms with Gasteiger partial charge in [-0.2, -0.15) is 0 Å². The minimum atomic E-state index is -3.48. The van der Waals surface area contributed by atoms with Gasteiger partial charge in [-0.15, -0.1) is 0 Å². The molecular formula is C15H23NO3S. The Balaban J connectivity index is 2.09. The first kappa shape index (κ1) is 15.5. The van der Waals surface area contributed by atoms with Gasteiger partial charge in [0.15, 0.2) is 0 Å². The molecule has 0 radical (unpaired) electrons. The highest BCUT2D eigenvalue weighted by Gasteiger charge is 2.20. The van der Waals surface area contributed by atoms with Crippen LogP contribution in [0.3, 0.4) is 0 Å². The Labute approximate surface area is 121 Å². The lowest BCUT2D eigenvalue weighted by Gasteiger charge is -2.22. The fourth-order valence-electron chi connectivity index (χ4n) is 2.73. The second-order valence-corrected chi connectivity index (χ2v) is 7.35. The Morgan fingerprint density at radius 1 is 1.25 bits per heavy atom. The monoisotopic (exact) mass is 297 g/mol. The Morgan fingerprint density at radius 3 is 2.60 bits per heavy atom. The number of hydrogen-bond donors (Lipinski definition) is 2. The van der Waals surface area contributed by atoms with E-state index in [9.17, 15) is 8.42 Å². The predicted molar refractivity (Wildman–Crippen MR) is 78.9 cm³/mol. The predicted octanol–water partition coefficient (Wildman–Crippen LogP) is 2.35. The lowest BCUT2D eigenvalue weighted by molar-refractivity contribution is 0.281. The molecular weight excluding hydrogens is 274 g/mol. The fourth-order valence-corrected chi connectivity index (χ4v) is 4.14. The van der Waals surface area contributed by atoms with Crippen molar-refractivity contribution in [3.63, 3.8) is 0 Å². The highest BCUT2D eigenvalue weighted by molar-refractivity contribution is 7.89. The quantitative estimate of drug-likeness (QED) is 0.876. The molecule has 4 nitrogen and oxygen atoms in total. The molecule has 0 bridgehead atoms. The molecule has 1 fully saturated rings. The van der Waals surface area contributed by atoms with Gasteiger partial charge in [-0.05, 0) is 42.9 Å². The van der Waals surface area contributed by atoms with Crippen LogP contribution in [-0.4, -0.2) is 20.1 Å². The van der Waals surface area contributed by atoms with Gasteiger partial charge in [0.1, 0.15) is 0 Å². The maximum Gasteiger partial charge on any atom is 0.240 e. The maximum atomic E-state index is 12.4. The number of nitrogens with one attached hydrogen (secondary N) is 1. The zero-order chi connectivity index (χ0) is 14.6. The number of aliphatic hydroxyl groups is 1. The van der Waals surface area contributed by atoms with Gasteiger partial charge in [0.25, 0.3) is 0 Å². The molecule has 1 aliphatic carbocycles. The minimum Gasteiger partial charge on any atom is -0.392 e. The van der Waals surface area contributed by atoms with Crippen LogP contribution in [0.5, 0.6) is 0 Å². The second-order valence-electron chi connectivity index (χ2n) is 5.61. The van der Waals surface area contributed by atoms with Crippen LogP contribution in [0.25, 0.3) is 0 Å². The Hall–Kier alpha value is -0.910. The van der Waals surface area contributed by atoms with Crippen LogP contribution in [0.4, 0.5) is 0 Å². The average molecular weight is 297 g/mol. The standard InChI is InChI=1S/C15H23NO3S/c1-12-7-8-14(11-17)9-15(12)20(18,19)16-10-13-5-3-2-4-6-13/h7-9,13,16-17H,2-6,10-11H2,1H3. The van der Waals surface area contributed by atoms with E-state index in [1.807, 2.05) is 0 Å². The largest absolute Gasteiger partial charge is 0.392 e. The van der Waals surface area contributed by atoms with Crippen LogP contribution in [0.2, 0.25) is 0 Å². The maximum absolute atomic E-state index is 12.4. The van der Waals surface area contributed by atoms with Crippen LogP contribution < -0.4 is 4.72 Å². The molecule has 1 aliphatic rings. The molecule has 0 amide bonds. The molecule has 5 heteroatoms. The molecule has 0 atom stereocenters. The third-order valence-corrected chi connectivity index (χ3v) is 5.58. The molecule has 0 spiro atoms. The molecule has 20 heavy (non-hydrogen) atoms. The topological polar surface area (TPSA) is 66.4 Å². The van der Waals surface area contributed by atoms with Crippen LogP contribution in [0.15, 0.2) is 23.1 Å². The Morgan fingerprint density at radius 2 is 1.95 bits per heavy atom. The number of rotatable bonds is 5. The van der Waals surface area contributed by atoms with Crippen molar-refractivity contribution >= 4 is 10.0 Å². The highest BCUT2D eigenvalue weighted by Crippen LogP contribution is 2.24. The van der Waals surface area contributed by atoms with Crippen LogP contribution in [0.1, 0.15) is 43.2 Å². The van der Waals surface area contributed by atoms with Crippen LogP contribution >= 0.6 is 0 Å². The average Bonchev–Trinajstić information content (AvgIpc) is 2.47. The number of hydrogen-bond acceptors (Lipinski definition) is 3. The molecule has 1 aromatic rings. The van der Waals surface area contributed by atoms with Gasteiger partial charge < -0.3 is 5.11 Å². The minimum absolute atomic E-state index is 0.147. The second kappa shape index (κ2) is 6.70. The molecule has 0 saturated heterocycles. The fraction of sp³-hybridized carbons (Fsp3) is 0.600. The molecule has 1 aromatic carbocycles. The van der Waals surface area contributed by atoms with Crippen molar-refractivity contribution in [2.24, 2.45) is 5.92 Å². The van der Waals surface area contributed by atoms with Crippen molar-refractivity contribution in [1.82, 2.24) is 4.72 Å². The van der Waals surface area contributed by atoms with Crippen molar-refractivity contribution in [3.05, 3.63) is 29.3 Å². The number of aryl methyl sites for hydroxylation is 1. The van der Waals surface area contributed by atoms with E-state index in [2.05, 4.69) is 4.72 Å². The van der Waals surface area contributed by atoms with Crippen LogP contribution in [0, 0.1) is 12.8 Å². The number of benzene rings is 1. The highest BCUT2D eigenvalue weighted by atomic mass is 32.2. The first-order valence-electron chi connectivity index (χ1n) is 7.23. The van der Waals surface area contributed by atoms with Gasteiger partial charge in [-0.3, -0.25) is 0 Å². The van der Waals surface area contributed by atoms with E-state index in [0.29, 0.717) is 23.6 Å². The summed E-state index contributed by atoms with van der Waals surface area (Å²) in [6, 6.07) is 5.04. The Kier molecular flexibility index (Phi) is 5.18. The summed E-state index contributed by atoms with van der Waals surface area (Å²) in [5.41, 5.74) is 1.33. The summed E-state index contributed by atoms with van der Waals surface area (Å²) in [4.78, 5) is 0.278. The van der Waals surface area contributed by atoms with E-state index < -0.39 is 10.0 Å². The summed E-state index contributed by atoms with van der Waals surface area (Å²) in [5.74, 6) is 0.458. The van der Waals surface area contributed by atoms with Gasteiger partial charge >= 0.3 is 0 Å².